The molecule has 6 heteroatoms. The van der Waals surface area contributed by atoms with Crippen LogP contribution in [-0.2, 0) is 5.41 Å². The first-order valence-electron chi connectivity index (χ1n) is 48.5. The number of fused-ring (bicyclic) bond motifs is 15. The van der Waals surface area contributed by atoms with Gasteiger partial charge in [0.05, 0.1) is 22.1 Å². The van der Waals surface area contributed by atoms with Crippen LogP contribution in [0.15, 0.2) is 518 Å². The van der Waals surface area contributed by atoms with Gasteiger partial charge in [0.25, 0.3) is 0 Å². The summed E-state index contributed by atoms with van der Waals surface area (Å²) in [5, 5.41) is 9.38. The first-order chi connectivity index (χ1) is 69.6. The third kappa shape index (κ3) is 14.3. The summed E-state index contributed by atoms with van der Waals surface area (Å²) in [5.74, 6) is 0. The van der Waals surface area contributed by atoms with E-state index in [9.17, 15) is 0 Å². The molecule has 27 rings (SSSR count). The first-order valence-corrected chi connectivity index (χ1v) is 48.5. The number of furan rings is 2. The molecule has 22 aromatic carbocycles. The number of anilines is 6. The zero-order chi connectivity index (χ0) is 93.3. The quantitative estimate of drug-likeness (QED) is 0.0859. The monoisotopic (exact) mass is 1800 g/mol. The fourth-order valence-corrected chi connectivity index (χ4v) is 22.1. The molecule has 0 saturated carbocycles. The summed E-state index contributed by atoms with van der Waals surface area (Å²) in [5.41, 5.74) is 44.7. The van der Waals surface area contributed by atoms with E-state index in [0.29, 0.717) is 0 Å². The van der Waals surface area contributed by atoms with E-state index in [1.807, 2.05) is 12.1 Å². The molecule has 0 saturated heterocycles. The summed E-state index contributed by atoms with van der Waals surface area (Å²) < 4.78 is 18.2. The van der Waals surface area contributed by atoms with Crippen LogP contribution in [0.3, 0.4) is 0 Å². The number of para-hydroxylation sites is 6. The molecule has 6 nitrogen and oxygen atoms in total. The van der Waals surface area contributed by atoms with Crippen LogP contribution in [-0.4, -0.2) is 9.13 Å². The summed E-state index contributed by atoms with van der Waals surface area (Å²) in [6, 6.07) is 186. The van der Waals surface area contributed by atoms with Crippen molar-refractivity contribution in [3.05, 3.63) is 521 Å². The average Bonchev–Trinajstić information content (AvgIpc) is 1.57. The van der Waals surface area contributed by atoms with Crippen molar-refractivity contribution in [3.63, 3.8) is 0 Å². The van der Waals surface area contributed by atoms with Crippen molar-refractivity contribution in [3.8, 4) is 134 Å². The van der Waals surface area contributed by atoms with Crippen LogP contribution in [0.1, 0.15) is 25.0 Å². The molecule has 662 valence electrons. The lowest BCUT2D eigenvalue weighted by Crippen LogP contribution is -2.16. The Kier molecular flexibility index (Phi) is 19.6. The van der Waals surface area contributed by atoms with Gasteiger partial charge in [-0.05, 0) is 304 Å². The van der Waals surface area contributed by atoms with E-state index in [1.165, 1.54) is 105 Å². The van der Waals surface area contributed by atoms with Gasteiger partial charge in [-0.2, -0.15) is 0 Å². The van der Waals surface area contributed by atoms with E-state index in [4.69, 9.17) is 8.83 Å². The SMILES string of the molecule is CC1(C)c2cc(-c3ccc4c(c3)c3ccccc3n4-c3ccccc3)ccc2-c2ccc(N(c3ccc(-c4ccc(-c5ccccc5)cc4)cc3)c3ccc(-c4ccc5c(c4)oc4c(-c6cccc(-c7ccc(-c8ccc(N(c9ccc(-c%10ccc(-c%11ccc%12c(c%11)c%11ccccc%11n%12-c%11ccccc%11)cc%10)cc9)c9ccc(-c%10ccc%11c(c%10)oc%10ccccc%10%11)cc9)cc8)cc7)c6)cccc45)cc3)cc21. The maximum Gasteiger partial charge on any atom is 0.143 e. The summed E-state index contributed by atoms with van der Waals surface area (Å²) in [4.78, 5) is 4.77. The maximum absolute atomic E-state index is 7.07. The largest absolute Gasteiger partial charge is 0.456 e. The van der Waals surface area contributed by atoms with Crippen LogP contribution in [0.25, 0.3) is 221 Å². The van der Waals surface area contributed by atoms with E-state index in [2.05, 4.69) is 530 Å². The standard InChI is InChI=1S/C135H90N4O2/c1-135(2)125-83-102(101-62-79-130-124(82-101)118-29-13-16-34-128(118)139(130)107-26-10-5-11-27-107)58-74-115(125)116-77-73-113(86-126(116)135)137(111-67-52-94(53-68-111)89-38-36-88(37-39-89)87-20-6-3-7-21-87)112-71-56-98(57-72-112)104-60-76-121-122-32-19-31-114(134(122)141-133(121)85-104)105-23-18-22-99(80-105)95-44-40-90(41-45-95)92-48-63-108(64-49-92)136(110-69-54-97(55-70-110)103-59-75-120-119-30-14-17-35-131(119)140-132(120)84-103)109-65-50-93(51-66-109)91-42-46-96(47-43-91)100-61-78-129-123(81-100)117-28-12-15-33-127(117)138(129)106-24-8-4-9-25-106/h3-86H,1-2H3. The summed E-state index contributed by atoms with van der Waals surface area (Å²) in [6.07, 6.45) is 0. The van der Waals surface area contributed by atoms with Gasteiger partial charge in [-0.15, -0.1) is 0 Å². The van der Waals surface area contributed by atoms with Gasteiger partial charge in [0.2, 0.25) is 0 Å². The minimum Gasteiger partial charge on any atom is -0.456 e. The minimum atomic E-state index is -0.301. The summed E-state index contributed by atoms with van der Waals surface area (Å²) in [7, 11) is 0. The molecule has 0 atom stereocenters. The molecular formula is C135H90N4O2. The maximum atomic E-state index is 7.07. The predicted molar refractivity (Wildman–Crippen MR) is 591 cm³/mol. The number of benzene rings is 22. The van der Waals surface area contributed by atoms with Crippen LogP contribution in [0.4, 0.5) is 34.1 Å². The number of hydrogen-bond donors (Lipinski definition) is 0. The molecule has 0 amide bonds. The number of nitrogens with zero attached hydrogens (tertiary/aromatic N) is 4. The lowest BCUT2D eigenvalue weighted by molar-refractivity contribution is 0.660. The van der Waals surface area contributed by atoms with Crippen LogP contribution in [0.2, 0.25) is 0 Å². The van der Waals surface area contributed by atoms with Crippen LogP contribution in [0, 0.1) is 0 Å². The molecule has 0 radical (unpaired) electrons. The summed E-state index contributed by atoms with van der Waals surface area (Å²) in [6.45, 7) is 4.79. The van der Waals surface area contributed by atoms with Gasteiger partial charge < -0.3 is 27.8 Å². The van der Waals surface area contributed by atoms with Gasteiger partial charge in [0, 0.05) is 99.6 Å². The van der Waals surface area contributed by atoms with Gasteiger partial charge in [0.1, 0.15) is 22.3 Å². The van der Waals surface area contributed by atoms with Gasteiger partial charge in [-0.1, -0.05) is 347 Å². The fraction of sp³-hybridized carbons (Fsp3) is 0.0222. The van der Waals surface area contributed by atoms with E-state index in [1.54, 1.807) is 0 Å². The molecule has 0 N–H and O–H groups in total. The predicted octanol–water partition coefficient (Wildman–Crippen LogP) is 37.6. The van der Waals surface area contributed by atoms with Gasteiger partial charge in [-0.3, -0.25) is 0 Å². The number of aromatic nitrogens is 2. The minimum absolute atomic E-state index is 0.301. The molecule has 1 aliphatic carbocycles. The zero-order valence-corrected chi connectivity index (χ0v) is 77.6. The van der Waals surface area contributed by atoms with Crippen molar-refractivity contribution in [2.45, 2.75) is 19.3 Å². The molecule has 0 unspecified atom stereocenters. The Morgan fingerprint density at radius 1 is 0.170 bits per heavy atom. The third-order valence-corrected chi connectivity index (χ3v) is 29.4. The highest BCUT2D eigenvalue weighted by Crippen LogP contribution is 2.54. The van der Waals surface area contributed by atoms with Crippen LogP contribution >= 0.6 is 0 Å². The Labute approximate surface area is 817 Å². The molecule has 141 heavy (non-hydrogen) atoms. The van der Waals surface area contributed by atoms with Crippen molar-refractivity contribution in [2.75, 3.05) is 9.80 Å². The normalized spacial score (nSPS) is 12.2. The van der Waals surface area contributed by atoms with Crippen molar-refractivity contribution < 1.29 is 8.83 Å². The topological polar surface area (TPSA) is 42.6 Å². The van der Waals surface area contributed by atoms with Crippen LogP contribution in [0.5, 0.6) is 0 Å². The van der Waals surface area contributed by atoms with Crippen molar-refractivity contribution in [2.24, 2.45) is 0 Å². The molecule has 0 spiro atoms. The molecule has 1 aliphatic rings. The van der Waals surface area contributed by atoms with E-state index in [-0.39, 0.29) is 5.41 Å². The highest BCUT2D eigenvalue weighted by Gasteiger charge is 2.37. The average molecular weight is 1800 g/mol. The Hall–Kier alpha value is -18.4. The molecule has 0 fully saturated rings. The Morgan fingerprint density at radius 3 is 0.943 bits per heavy atom. The van der Waals surface area contributed by atoms with Crippen molar-refractivity contribution in [1.29, 1.82) is 0 Å². The molecule has 26 aromatic rings. The van der Waals surface area contributed by atoms with E-state index >= 15 is 0 Å². The Morgan fingerprint density at radius 2 is 0.461 bits per heavy atom. The number of rotatable bonds is 18. The molecular weight excluding hydrogens is 1710 g/mol. The van der Waals surface area contributed by atoms with E-state index < -0.39 is 0 Å². The highest BCUT2D eigenvalue weighted by molar-refractivity contribution is 6.14. The van der Waals surface area contributed by atoms with E-state index in [0.717, 1.165) is 162 Å². The zero-order valence-electron chi connectivity index (χ0n) is 77.6. The highest BCUT2D eigenvalue weighted by atomic mass is 16.3. The fourth-order valence-electron chi connectivity index (χ4n) is 22.1. The van der Waals surface area contributed by atoms with Crippen LogP contribution < -0.4 is 9.80 Å². The second-order valence-corrected chi connectivity index (χ2v) is 37.8. The molecule has 0 bridgehead atoms. The Balaban J connectivity index is 0.460. The second kappa shape index (κ2) is 33.6. The number of hydrogen-bond acceptors (Lipinski definition) is 4. The second-order valence-electron chi connectivity index (χ2n) is 37.8. The summed E-state index contributed by atoms with van der Waals surface area (Å²) >= 11 is 0. The van der Waals surface area contributed by atoms with Crippen molar-refractivity contribution in [1.82, 2.24) is 9.13 Å². The molecule has 0 aliphatic heterocycles. The Bertz CT molecular complexity index is 9360. The molecule has 4 aromatic heterocycles. The van der Waals surface area contributed by atoms with Gasteiger partial charge >= 0.3 is 0 Å². The third-order valence-electron chi connectivity index (χ3n) is 29.4. The van der Waals surface area contributed by atoms with Gasteiger partial charge in [-0.25, -0.2) is 0 Å². The lowest BCUT2D eigenvalue weighted by Gasteiger charge is -2.28. The molecule has 4 heterocycles. The lowest BCUT2D eigenvalue weighted by atomic mass is 9.81. The van der Waals surface area contributed by atoms with Crippen molar-refractivity contribution >= 4 is 122 Å². The smallest absolute Gasteiger partial charge is 0.143 e. The van der Waals surface area contributed by atoms with Gasteiger partial charge in [0.15, 0.2) is 0 Å². The first kappa shape index (κ1) is 82.1.